The van der Waals surface area contributed by atoms with Crippen LogP contribution in [0.25, 0.3) is 5.95 Å². The van der Waals surface area contributed by atoms with E-state index in [4.69, 9.17) is 4.74 Å². The maximum Gasteiger partial charge on any atom is 0.322 e. The molecule has 24 heavy (non-hydrogen) atoms. The number of carbonyl (C=O) groups excluding carboxylic acids is 1. The predicted molar refractivity (Wildman–Crippen MR) is 86.7 cm³/mol. The van der Waals surface area contributed by atoms with Crippen LogP contribution in [0.5, 0.6) is 6.01 Å². The highest BCUT2D eigenvalue weighted by Crippen LogP contribution is 2.23. The van der Waals surface area contributed by atoms with Crippen LogP contribution in [0.15, 0.2) is 0 Å². The summed E-state index contributed by atoms with van der Waals surface area (Å²) in [5, 5.41) is 7.92. The van der Waals surface area contributed by atoms with Crippen molar-refractivity contribution in [3.63, 3.8) is 0 Å². The van der Waals surface area contributed by atoms with E-state index in [1.807, 2.05) is 0 Å². The summed E-state index contributed by atoms with van der Waals surface area (Å²) in [6.07, 6.45) is 3.40. The van der Waals surface area contributed by atoms with Crippen molar-refractivity contribution >= 4 is 11.7 Å². The largest absolute Gasteiger partial charge is 0.467 e. The van der Waals surface area contributed by atoms with Crippen molar-refractivity contribution in [1.29, 1.82) is 0 Å². The second-order valence-corrected chi connectivity index (χ2v) is 5.95. The van der Waals surface area contributed by atoms with Gasteiger partial charge >= 0.3 is 6.01 Å². The van der Waals surface area contributed by atoms with Crippen LogP contribution in [-0.4, -0.2) is 55.4 Å². The molecule has 2 aromatic heterocycles. The zero-order valence-electron chi connectivity index (χ0n) is 14.4. The Bertz CT molecular complexity index is 758. The average Bonchev–Trinajstić information content (AvgIpc) is 2.96. The van der Waals surface area contributed by atoms with Crippen LogP contribution in [0.2, 0.25) is 0 Å². The molecule has 2 aromatic rings. The number of aromatic nitrogens is 6. The standard InChI is InChI=1S/C15H21N7O2/c1-9-7-5-6-8-21(9)13-16-14(18-15(17-13)24-4)22-10(2)12(11(3)23)19-20-22/h9H,5-8H2,1-4H3. The monoisotopic (exact) mass is 331 g/mol. The Morgan fingerprint density at radius 1 is 1.21 bits per heavy atom. The van der Waals surface area contributed by atoms with Crippen molar-refractivity contribution in [2.75, 3.05) is 18.6 Å². The van der Waals surface area contributed by atoms with E-state index in [1.165, 1.54) is 25.1 Å². The number of hydrogen-bond donors (Lipinski definition) is 0. The second-order valence-electron chi connectivity index (χ2n) is 5.95. The number of ketones is 1. The van der Waals surface area contributed by atoms with Gasteiger partial charge in [0.25, 0.3) is 5.95 Å². The second kappa shape index (κ2) is 6.50. The van der Waals surface area contributed by atoms with Crippen LogP contribution in [0.3, 0.4) is 0 Å². The number of hydrogen-bond acceptors (Lipinski definition) is 8. The molecular formula is C15H21N7O2. The quantitative estimate of drug-likeness (QED) is 0.774. The first-order valence-electron chi connectivity index (χ1n) is 8.01. The molecule has 0 aromatic carbocycles. The summed E-state index contributed by atoms with van der Waals surface area (Å²) >= 11 is 0. The Morgan fingerprint density at radius 3 is 2.58 bits per heavy atom. The molecule has 0 amide bonds. The topological polar surface area (TPSA) is 98.9 Å². The van der Waals surface area contributed by atoms with Crippen LogP contribution in [-0.2, 0) is 0 Å². The van der Waals surface area contributed by atoms with E-state index in [-0.39, 0.29) is 11.8 Å². The first kappa shape index (κ1) is 16.3. The fraction of sp³-hybridized carbons (Fsp3) is 0.600. The minimum atomic E-state index is -0.148. The van der Waals surface area contributed by atoms with Gasteiger partial charge in [-0.05, 0) is 33.1 Å². The van der Waals surface area contributed by atoms with Crippen LogP contribution in [0.4, 0.5) is 5.95 Å². The zero-order valence-corrected chi connectivity index (χ0v) is 14.4. The molecule has 0 N–H and O–H groups in total. The van der Waals surface area contributed by atoms with Gasteiger partial charge in [0.2, 0.25) is 5.95 Å². The van der Waals surface area contributed by atoms with Crippen LogP contribution in [0, 0.1) is 6.92 Å². The molecule has 1 fully saturated rings. The molecular weight excluding hydrogens is 310 g/mol. The predicted octanol–water partition coefficient (Wildman–Crippen LogP) is 1.35. The van der Waals surface area contributed by atoms with Gasteiger partial charge in [0.15, 0.2) is 11.5 Å². The molecule has 9 nitrogen and oxygen atoms in total. The summed E-state index contributed by atoms with van der Waals surface area (Å²) in [5.41, 5.74) is 0.899. The highest BCUT2D eigenvalue weighted by atomic mass is 16.5. The molecule has 1 aliphatic heterocycles. The first-order chi connectivity index (χ1) is 11.5. The third-order valence-corrected chi connectivity index (χ3v) is 4.25. The third kappa shape index (κ3) is 2.93. The van der Waals surface area contributed by atoms with Crippen LogP contribution >= 0.6 is 0 Å². The van der Waals surface area contributed by atoms with Crippen LogP contribution < -0.4 is 9.64 Å². The molecule has 0 spiro atoms. The normalized spacial score (nSPS) is 17.8. The molecule has 3 rings (SSSR count). The number of rotatable bonds is 4. The van der Waals surface area contributed by atoms with Gasteiger partial charge in [-0.2, -0.15) is 19.6 Å². The van der Waals surface area contributed by atoms with Gasteiger partial charge in [0, 0.05) is 19.5 Å². The van der Waals surface area contributed by atoms with Crippen molar-refractivity contribution in [2.45, 2.75) is 46.1 Å². The summed E-state index contributed by atoms with van der Waals surface area (Å²) in [5.74, 6) is 0.708. The minimum absolute atomic E-state index is 0.148. The summed E-state index contributed by atoms with van der Waals surface area (Å²) < 4.78 is 6.66. The lowest BCUT2D eigenvalue weighted by molar-refractivity contribution is 0.101. The van der Waals surface area contributed by atoms with E-state index >= 15 is 0 Å². The molecule has 0 bridgehead atoms. The first-order valence-corrected chi connectivity index (χ1v) is 8.01. The van der Waals surface area contributed by atoms with E-state index in [9.17, 15) is 4.79 Å². The summed E-state index contributed by atoms with van der Waals surface area (Å²) in [6, 6.07) is 0.565. The fourth-order valence-corrected chi connectivity index (χ4v) is 2.89. The number of carbonyl (C=O) groups is 1. The molecule has 1 saturated heterocycles. The van der Waals surface area contributed by atoms with Crippen molar-refractivity contribution in [1.82, 2.24) is 29.9 Å². The van der Waals surface area contributed by atoms with Gasteiger partial charge in [-0.15, -0.1) is 5.10 Å². The van der Waals surface area contributed by atoms with Gasteiger partial charge in [-0.3, -0.25) is 4.79 Å². The van der Waals surface area contributed by atoms with Crippen molar-refractivity contribution < 1.29 is 9.53 Å². The Balaban J connectivity index is 2.05. The Kier molecular flexibility index (Phi) is 4.41. The lowest BCUT2D eigenvalue weighted by atomic mass is 10.0. The average molecular weight is 331 g/mol. The third-order valence-electron chi connectivity index (χ3n) is 4.25. The number of nitrogens with zero attached hydrogens (tertiary/aromatic N) is 7. The highest BCUT2D eigenvalue weighted by molar-refractivity contribution is 5.93. The number of methoxy groups -OCH3 is 1. The SMILES string of the molecule is COc1nc(N2CCCCC2C)nc(-n2nnc(C(C)=O)c2C)n1. The van der Waals surface area contributed by atoms with Crippen molar-refractivity contribution in [3.05, 3.63) is 11.4 Å². The fourth-order valence-electron chi connectivity index (χ4n) is 2.89. The molecule has 1 atom stereocenters. The molecule has 0 saturated carbocycles. The summed E-state index contributed by atoms with van der Waals surface area (Å²) in [6.45, 7) is 6.26. The summed E-state index contributed by atoms with van der Waals surface area (Å²) in [4.78, 5) is 26.9. The van der Waals surface area contributed by atoms with Gasteiger partial charge in [0.1, 0.15) is 0 Å². The molecule has 9 heteroatoms. The smallest absolute Gasteiger partial charge is 0.322 e. The van der Waals surface area contributed by atoms with Crippen molar-refractivity contribution in [3.8, 4) is 12.0 Å². The van der Waals surface area contributed by atoms with E-state index in [1.54, 1.807) is 6.92 Å². The lowest BCUT2D eigenvalue weighted by Crippen LogP contribution is -2.39. The number of anilines is 1. The minimum Gasteiger partial charge on any atom is -0.467 e. The van der Waals surface area contributed by atoms with Gasteiger partial charge in [-0.25, -0.2) is 0 Å². The van der Waals surface area contributed by atoms with Gasteiger partial charge in [0.05, 0.1) is 12.8 Å². The Hall–Kier alpha value is -2.58. The molecule has 1 unspecified atom stereocenters. The maximum absolute atomic E-state index is 11.6. The number of Topliss-reactive ketones (excluding diaryl/α,β-unsaturated/α-hetero) is 1. The number of ether oxygens (including phenoxy) is 1. The van der Waals surface area contributed by atoms with Crippen LogP contribution in [0.1, 0.15) is 49.3 Å². The van der Waals surface area contributed by atoms with E-state index in [0.717, 1.165) is 19.4 Å². The zero-order chi connectivity index (χ0) is 17.3. The Morgan fingerprint density at radius 2 is 1.96 bits per heavy atom. The molecule has 0 radical (unpaired) electrons. The number of piperidine rings is 1. The maximum atomic E-state index is 11.6. The summed E-state index contributed by atoms with van der Waals surface area (Å²) in [7, 11) is 1.51. The Labute approximate surface area is 140 Å². The molecule has 1 aliphatic rings. The molecule has 128 valence electrons. The van der Waals surface area contributed by atoms with Crippen molar-refractivity contribution in [2.24, 2.45) is 0 Å². The van der Waals surface area contributed by atoms with E-state index in [2.05, 4.69) is 37.1 Å². The van der Waals surface area contributed by atoms with Gasteiger partial charge < -0.3 is 9.64 Å². The van der Waals surface area contributed by atoms with Gasteiger partial charge in [-0.1, -0.05) is 5.21 Å². The molecule has 3 heterocycles. The molecule has 0 aliphatic carbocycles. The highest BCUT2D eigenvalue weighted by Gasteiger charge is 2.24. The van der Waals surface area contributed by atoms with E-state index < -0.39 is 0 Å². The van der Waals surface area contributed by atoms with E-state index in [0.29, 0.717) is 29.3 Å². The lowest BCUT2D eigenvalue weighted by Gasteiger charge is -2.33.